The van der Waals surface area contributed by atoms with Crippen LogP contribution in [0.15, 0.2) is 180 Å². The molecule has 10 rings (SSSR count). The van der Waals surface area contributed by atoms with Gasteiger partial charge in [-0.1, -0.05) is 121 Å². The Bertz CT molecular complexity index is 2780. The molecule has 0 spiro atoms. The Labute approximate surface area is 327 Å². The molecular formula is C48H32IrN4O-2. The van der Waals surface area contributed by atoms with Gasteiger partial charge in [0.25, 0.3) is 0 Å². The molecule has 4 aromatic heterocycles. The van der Waals surface area contributed by atoms with Crippen molar-refractivity contribution in [3.63, 3.8) is 0 Å². The summed E-state index contributed by atoms with van der Waals surface area (Å²) in [6.45, 7) is 2.11. The van der Waals surface area contributed by atoms with Crippen molar-refractivity contribution < 1.29 is 24.5 Å². The summed E-state index contributed by atoms with van der Waals surface area (Å²) in [5, 5.41) is 2.16. The molecule has 0 atom stereocenters. The number of para-hydroxylation sites is 1. The minimum atomic E-state index is 0. The molecule has 0 aliphatic rings. The molecule has 0 amide bonds. The van der Waals surface area contributed by atoms with Crippen molar-refractivity contribution in [2.24, 2.45) is 0 Å². The van der Waals surface area contributed by atoms with Crippen LogP contribution < -0.4 is 0 Å². The average molecular weight is 873 g/mol. The fourth-order valence-electron chi connectivity index (χ4n) is 6.77. The van der Waals surface area contributed by atoms with Gasteiger partial charge in [-0.15, -0.1) is 53.6 Å². The molecule has 6 heteroatoms. The average Bonchev–Trinajstić information content (AvgIpc) is 3.82. The number of nitrogens with zero attached hydrogens (tertiary/aromatic N) is 4. The van der Waals surface area contributed by atoms with Gasteiger partial charge in [-0.05, 0) is 53.2 Å². The van der Waals surface area contributed by atoms with Crippen molar-refractivity contribution in [1.82, 2.24) is 19.5 Å². The molecule has 5 nitrogen and oxygen atoms in total. The SMILES string of the molecule is Cc1c[c-]c(-c2nc3nc(-c4ccccc4)ccc3n2-c2ccccc2)c2oc3cc(-c4ccccc4)ccc3c12.[Ir].[c-]1ccccc1-c1ccccn1. The first-order valence-corrected chi connectivity index (χ1v) is 17.5. The van der Waals surface area contributed by atoms with E-state index in [0.29, 0.717) is 5.65 Å². The van der Waals surface area contributed by atoms with Crippen LogP contribution in [0.3, 0.4) is 0 Å². The van der Waals surface area contributed by atoms with Crippen molar-refractivity contribution in [3.05, 3.63) is 194 Å². The second kappa shape index (κ2) is 15.3. The fourth-order valence-corrected chi connectivity index (χ4v) is 6.77. The molecule has 0 fully saturated rings. The van der Waals surface area contributed by atoms with Crippen LogP contribution in [0, 0.1) is 19.1 Å². The number of aryl methyl sites for hydroxylation is 1. The number of benzene rings is 6. The van der Waals surface area contributed by atoms with Crippen LogP contribution in [0.5, 0.6) is 0 Å². The van der Waals surface area contributed by atoms with E-state index in [2.05, 4.69) is 107 Å². The van der Waals surface area contributed by atoms with E-state index in [1.165, 1.54) is 0 Å². The molecular weight excluding hydrogens is 841 g/mol. The third kappa shape index (κ3) is 6.65. The second-order valence-electron chi connectivity index (χ2n) is 12.7. The van der Waals surface area contributed by atoms with Gasteiger partial charge in [-0.25, -0.2) is 4.98 Å². The summed E-state index contributed by atoms with van der Waals surface area (Å²) < 4.78 is 8.81. The summed E-state index contributed by atoms with van der Waals surface area (Å²) >= 11 is 0. The van der Waals surface area contributed by atoms with Crippen LogP contribution in [-0.4, -0.2) is 19.5 Å². The van der Waals surface area contributed by atoms with Gasteiger partial charge in [0.1, 0.15) is 5.58 Å². The topological polar surface area (TPSA) is 56.7 Å². The summed E-state index contributed by atoms with van der Waals surface area (Å²) in [5.41, 5.74) is 12.4. The first kappa shape index (κ1) is 34.6. The minimum Gasteiger partial charge on any atom is -0.501 e. The summed E-state index contributed by atoms with van der Waals surface area (Å²) in [6.07, 6.45) is 1.79. The van der Waals surface area contributed by atoms with Crippen molar-refractivity contribution in [2.75, 3.05) is 0 Å². The summed E-state index contributed by atoms with van der Waals surface area (Å²) in [5.74, 6) is 0.747. The largest absolute Gasteiger partial charge is 0.501 e. The number of imidazole rings is 1. The van der Waals surface area contributed by atoms with Gasteiger partial charge in [0.2, 0.25) is 0 Å². The monoisotopic (exact) mass is 873 g/mol. The Kier molecular flexibility index (Phi) is 9.78. The Morgan fingerprint density at radius 2 is 1.33 bits per heavy atom. The van der Waals surface area contributed by atoms with Crippen LogP contribution in [-0.2, 0) is 20.1 Å². The number of rotatable bonds is 5. The van der Waals surface area contributed by atoms with Gasteiger partial charge in [0.05, 0.1) is 22.6 Å². The van der Waals surface area contributed by atoms with Crippen molar-refractivity contribution in [2.45, 2.75) is 6.92 Å². The normalized spacial score (nSPS) is 10.9. The quantitative estimate of drug-likeness (QED) is 0.162. The maximum absolute atomic E-state index is 6.66. The predicted molar refractivity (Wildman–Crippen MR) is 215 cm³/mol. The summed E-state index contributed by atoms with van der Waals surface area (Å²) in [7, 11) is 0. The van der Waals surface area contributed by atoms with E-state index in [9.17, 15) is 0 Å². The molecule has 0 aliphatic carbocycles. The molecule has 0 aliphatic heterocycles. The molecule has 0 saturated carbocycles. The summed E-state index contributed by atoms with van der Waals surface area (Å²) in [6, 6.07) is 63.8. The van der Waals surface area contributed by atoms with E-state index < -0.39 is 0 Å². The molecule has 54 heavy (non-hydrogen) atoms. The van der Waals surface area contributed by atoms with Crippen LogP contribution in [0.25, 0.3) is 83.8 Å². The minimum absolute atomic E-state index is 0. The van der Waals surface area contributed by atoms with Gasteiger partial charge in [0.15, 0.2) is 5.65 Å². The number of hydrogen-bond donors (Lipinski definition) is 0. The van der Waals surface area contributed by atoms with E-state index >= 15 is 0 Å². The second-order valence-corrected chi connectivity index (χ2v) is 12.7. The van der Waals surface area contributed by atoms with Gasteiger partial charge in [0, 0.05) is 42.9 Å². The zero-order chi connectivity index (χ0) is 35.6. The van der Waals surface area contributed by atoms with Crippen LogP contribution in [0.1, 0.15) is 5.56 Å². The third-order valence-electron chi connectivity index (χ3n) is 9.33. The number of fused-ring (bicyclic) bond motifs is 4. The molecule has 6 aromatic carbocycles. The third-order valence-corrected chi connectivity index (χ3v) is 9.33. The molecule has 261 valence electrons. The van der Waals surface area contributed by atoms with Gasteiger partial charge >= 0.3 is 0 Å². The van der Waals surface area contributed by atoms with Crippen LogP contribution >= 0.6 is 0 Å². The molecule has 10 aromatic rings. The number of aromatic nitrogens is 4. The number of pyridine rings is 2. The summed E-state index contributed by atoms with van der Waals surface area (Å²) in [4.78, 5) is 14.3. The number of hydrogen-bond acceptors (Lipinski definition) is 4. The van der Waals surface area contributed by atoms with Crippen LogP contribution in [0.2, 0.25) is 0 Å². The maximum Gasteiger partial charge on any atom is 0.168 e. The molecule has 0 unspecified atom stereocenters. The maximum atomic E-state index is 6.66. The van der Waals surface area contributed by atoms with Crippen molar-refractivity contribution in [1.29, 1.82) is 0 Å². The zero-order valence-corrected chi connectivity index (χ0v) is 31.7. The van der Waals surface area contributed by atoms with E-state index in [1.54, 1.807) is 6.20 Å². The van der Waals surface area contributed by atoms with E-state index in [1.807, 2.05) is 91.0 Å². The fraction of sp³-hybridized carbons (Fsp3) is 0.0208. The molecule has 4 heterocycles. The molecule has 0 bridgehead atoms. The van der Waals surface area contributed by atoms with E-state index in [-0.39, 0.29) is 20.1 Å². The van der Waals surface area contributed by atoms with Crippen molar-refractivity contribution in [3.8, 4) is 50.7 Å². The van der Waals surface area contributed by atoms with Gasteiger partial charge < -0.3 is 14.0 Å². The predicted octanol–water partition coefficient (Wildman–Crippen LogP) is 12.0. The Hall–Kier alpha value is -6.46. The molecule has 0 saturated heterocycles. The first-order chi connectivity index (χ1) is 26.2. The van der Waals surface area contributed by atoms with Crippen LogP contribution in [0.4, 0.5) is 0 Å². The van der Waals surface area contributed by atoms with Crippen molar-refractivity contribution >= 4 is 33.1 Å². The molecule has 1 radical (unpaired) electrons. The Morgan fingerprint density at radius 1 is 0.611 bits per heavy atom. The first-order valence-electron chi connectivity index (χ1n) is 17.5. The zero-order valence-electron chi connectivity index (χ0n) is 29.3. The molecule has 0 N–H and O–H groups in total. The standard InChI is InChI=1S/C37H24N3O.C11H8N.Ir/c1-24-17-19-30(35-34(24)29-20-18-27(23-33(29)41-35)25-11-5-2-6-12-25)37-39-36-32(40(37)28-15-9-4-10-16-28)22-21-31(38-36)26-13-7-3-8-14-26;1-2-6-10(7-3-1)11-8-4-5-9-12-11;/h2-18,20-23H,1H3;1-6,8-9H;/q2*-1;. The van der Waals surface area contributed by atoms with E-state index in [4.69, 9.17) is 14.4 Å². The Balaban J connectivity index is 0.000000271. The smallest absolute Gasteiger partial charge is 0.168 e. The van der Waals surface area contributed by atoms with Gasteiger partial charge in [-0.3, -0.25) is 4.98 Å². The Morgan fingerprint density at radius 3 is 2.06 bits per heavy atom. The number of furan rings is 1. The van der Waals surface area contributed by atoms with E-state index in [0.717, 1.165) is 83.7 Å². The van der Waals surface area contributed by atoms with Gasteiger partial charge in [-0.2, -0.15) is 0 Å².